The summed E-state index contributed by atoms with van der Waals surface area (Å²) in [5, 5.41) is 5.21. The summed E-state index contributed by atoms with van der Waals surface area (Å²) in [6.45, 7) is 2.44. The second kappa shape index (κ2) is 9.82. The van der Waals surface area contributed by atoms with Crippen molar-refractivity contribution in [1.29, 1.82) is 0 Å². The smallest absolute Gasteiger partial charge is 0.288 e. The van der Waals surface area contributed by atoms with Gasteiger partial charge in [0, 0.05) is 21.9 Å². The summed E-state index contributed by atoms with van der Waals surface area (Å²) in [4.78, 5) is 21.2. The van der Waals surface area contributed by atoms with Gasteiger partial charge >= 0.3 is 0 Å². The van der Waals surface area contributed by atoms with Crippen LogP contribution in [0.15, 0.2) is 84.9 Å². The molecule has 0 fully saturated rings. The Balaban J connectivity index is 1.42. The quantitative estimate of drug-likeness (QED) is 0.198. The number of nitrogens with one attached hydrogen (secondary N) is 4. The Morgan fingerprint density at radius 1 is 0.943 bits per heavy atom. The van der Waals surface area contributed by atoms with Gasteiger partial charge in [-0.1, -0.05) is 60.7 Å². The number of pyridine rings is 1. The highest BCUT2D eigenvalue weighted by Crippen LogP contribution is 2.32. The van der Waals surface area contributed by atoms with Crippen molar-refractivity contribution in [2.24, 2.45) is 0 Å². The van der Waals surface area contributed by atoms with Crippen LogP contribution < -0.4 is 20.9 Å². The molecule has 174 valence electrons. The van der Waals surface area contributed by atoms with Crippen LogP contribution in [0.4, 0.5) is 5.69 Å². The van der Waals surface area contributed by atoms with Gasteiger partial charge in [0.25, 0.3) is 5.91 Å². The van der Waals surface area contributed by atoms with Crippen molar-refractivity contribution in [3.63, 3.8) is 0 Å². The number of hydrogen-bond donors (Lipinski definition) is 4. The van der Waals surface area contributed by atoms with Crippen molar-refractivity contribution in [2.45, 2.75) is 6.92 Å². The zero-order chi connectivity index (χ0) is 24.2. The minimum absolute atomic E-state index is 0.224. The van der Waals surface area contributed by atoms with E-state index in [2.05, 4.69) is 21.2 Å². The fourth-order valence-electron chi connectivity index (χ4n) is 3.95. The normalized spacial score (nSPS) is 10.8. The van der Waals surface area contributed by atoms with E-state index in [4.69, 9.17) is 21.9 Å². The van der Waals surface area contributed by atoms with E-state index in [9.17, 15) is 4.79 Å². The second-order valence-corrected chi connectivity index (χ2v) is 8.19. The number of hydrazine groups is 1. The lowest BCUT2D eigenvalue weighted by Gasteiger charge is -2.14. The number of anilines is 1. The van der Waals surface area contributed by atoms with Crippen molar-refractivity contribution in [2.75, 3.05) is 11.9 Å². The first-order valence-electron chi connectivity index (χ1n) is 11.2. The average Bonchev–Trinajstić information content (AvgIpc) is 3.27. The van der Waals surface area contributed by atoms with E-state index < -0.39 is 5.91 Å². The molecule has 8 heteroatoms. The number of carbonyl (C=O) groups excluding carboxylic acids is 1. The topological polar surface area (TPSA) is 91.1 Å². The van der Waals surface area contributed by atoms with E-state index in [1.807, 2.05) is 85.8 Å². The number of aromatic nitrogens is 2. The predicted molar refractivity (Wildman–Crippen MR) is 143 cm³/mol. The zero-order valence-corrected chi connectivity index (χ0v) is 19.8. The molecule has 1 amide bonds. The maximum atomic E-state index is 13.1. The van der Waals surface area contributed by atoms with Gasteiger partial charge in [-0.2, -0.15) is 0 Å². The summed E-state index contributed by atoms with van der Waals surface area (Å²) in [6.07, 6.45) is 0. The van der Waals surface area contributed by atoms with Gasteiger partial charge in [-0.25, -0.2) is 4.98 Å². The number of aromatic amines is 1. The highest BCUT2D eigenvalue weighted by Gasteiger charge is 2.17. The fraction of sp³-hybridized carbons (Fsp3) is 0.0741. The van der Waals surface area contributed by atoms with E-state index in [0.717, 1.165) is 27.4 Å². The SMILES string of the molecule is CCOc1ccccc1NC(=S)NNC(=O)c1cc2c([nH]c3ccccc32)c(-c2ccccc2)n1. The maximum absolute atomic E-state index is 13.1. The molecule has 0 saturated carbocycles. The average molecular weight is 482 g/mol. The molecule has 0 aliphatic heterocycles. The summed E-state index contributed by atoms with van der Waals surface area (Å²) in [5.74, 6) is 0.265. The highest BCUT2D eigenvalue weighted by molar-refractivity contribution is 7.80. The third-order valence-electron chi connectivity index (χ3n) is 5.50. The van der Waals surface area contributed by atoms with Crippen LogP contribution in [0.2, 0.25) is 0 Å². The number of H-pyrrole nitrogens is 1. The van der Waals surface area contributed by atoms with Gasteiger partial charge in [-0.05, 0) is 43.4 Å². The third-order valence-corrected chi connectivity index (χ3v) is 5.71. The Morgan fingerprint density at radius 2 is 1.69 bits per heavy atom. The number of ether oxygens (including phenoxy) is 1. The molecule has 0 bridgehead atoms. The van der Waals surface area contributed by atoms with Gasteiger partial charge in [0.05, 0.1) is 23.5 Å². The van der Waals surface area contributed by atoms with Crippen molar-refractivity contribution >= 4 is 50.7 Å². The van der Waals surface area contributed by atoms with Crippen LogP contribution in [0, 0.1) is 0 Å². The van der Waals surface area contributed by atoms with Gasteiger partial charge in [-0.15, -0.1) is 0 Å². The number of rotatable bonds is 5. The first kappa shape index (κ1) is 22.4. The Kier molecular flexibility index (Phi) is 6.28. The minimum atomic E-state index is -0.406. The van der Waals surface area contributed by atoms with Crippen molar-refractivity contribution in [3.8, 4) is 17.0 Å². The van der Waals surface area contributed by atoms with Crippen molar-refractivity contribution in [1.82, 2.24) is 20.8 Å². The molecule has 0 radical (unpaired) electrons. The molecule has 2 heterocycles. The molecule has 0 aliphatic carbocycles. The lowest BCUT2D eigenvalue weighted by Crippen LogP contribution is -2.44. The van der Waals surface area contributed by atoms with Gasteiger partial charge in [-0.3, -0.25) is 15.6 Å². The Morgan fingerprint density at radius 3 is 2.51 bits per heavy atom. The first-order valence-corrected chi connectivity index (χ1v) is 11.6. The van der Waals surface area contributed by atoms with Crippen LogP contribution in [-0.4, -0.2) is 27.6 Å². The van der Waals surface area contributed by atoms with Crippen LogP contribution in [0.1, 0.15) is 17.4 Å². The number of fused-ring (bicyclic) bond motifs is 3. The maximum Gasteiger partial charge on any atom is 0.288 e. The lowest BCUT2D eigenvalue weighted by atomic mass is 10.1. The summed E-state index contributed by atoms with van der Waals surface area (Å²) < 4.78 is 5.61. The third kappa shape index (κ3) is 4.64. The van der Waals surface area contributed by atoms with Crippen molar-refractivity contribution in [3.05, 3.63) is 90.6 Å². The van der Waals surface area contributed by atoms with Gasteiger partial charge in [0.2, 0.25) is 0 Å². The van der Waals surface area contributed by atoms with Crippen LogP contribution >= 0.6 is 12.2 Å². The lowest BCUT2D eigenvalue weighted by molar-refractivity contribution is 0.0939. The van der Waals surface area contributed by atoms with Crippen LogP contribution in [0.5, 0.6) is 5.75 Å². The molecule has 0 unspecified atom stereocenters. The van der Waals surface area contributed by atoms with Gasteiger partial charge < -0.3 is 15.0 Å². The monoisotopic (exact) mass is 481 g/mol. The number of nitrogens with zero attached hydrogens (tertiary/aromatic N) is 1. The van der Waals surface area contributed by atoms with Gasteiger partial charge in [0.15, 0.2) is 5.11 Å². The zero-order valence-electron chi connectivity index (χ0n) is 19.0. The molecule has 0 aliphatic rings. The van der Waals surface area contributed by atoms with E-state index in [1.165, 1.54) is 0 Å². The van der Waals surface area contributed by atoms with E-state index in [0.29, 0.717) is 23.7 Å². The molecular weight excluding hydrogens is 458 g/mol. The van der Waals surface area contributed by atoms with Crippen LogP contribution in [0.3, 0.4) is 0 Å². The first-order chi connectivity index (χ1) is 17.1. The van der Waals surface area contributed by atoms with Gasteiger partial charge in [0.1, 0.15) is 11.4 Å². The number of amides is 1. The van der Waals surface area contributed by atoms with E-state index in [-0.39, 0.29) is 10.8 Å². The molecule has 0 atom stereocenters. The standard InChI is InChI=1S/C27H23N5O2S/c1-2-34-23-15-9-8-14-21(23)30-27(35)32-31-26(33)22-16-19-18-12-6-7-13-20(18)28-25(19)24(29-22)17-10-4-3-5-11-17/h3-16,28H,2H2,1H3,(H,31,33)(H2,30,32,35). The number of benzene rings is 3. The van der Waals surface area contributed by atoms with E-state index >= 15 is 0 Å². The number of para-hydroxylation sites is 3. The molecule has 0 saturated heterocycles. The van der Waals surface area contributed by atoms with Crippen molar-refractivity contribution < 1.29 is 9.53 Å². The summed E-state index contributed by atoms with van der Waals surface area (Å²) in [6, 6.07) is 27.0. The summed E-state index contributed by atoms with van der Waals surface area (Å²) in [5.41, 5.74) is 9.85. The fourth-order valence-corrected chi connectivity index (χ4v) is 4.11. The van der Waals surface area contributed by atoms with E-state index in [1.54, 1.807) is 6.07 Å². The Bertz CT molecular complexity index is 1530. The largest absolute Gasteiger partial charge is 0.492 e. The van der Waals surface area contributed by atoms with Crippen LogP contribution in [-0.2, 0) is 0 Å². The molecule has 5 aromatic rings. The predicted octanol–water partition coefficient (Wildman–Crippen LogP) is 5.41. The number of hydrogen-bond acceptors (Lipinski definition) is 4. The number of carbonyl (C=O) groups is 1. The molecule has 7 nitrogen and oxygen atoms in total. The Labute approximate surface area is 207 Å². The molecule has 3 aromatic carbocycles. The molecule has 35 heavy (non-hydrogen) atoms. The van der Waals surface area contributed by atoms with Crippen LogP contribution in [0.25, 0.3) is 33.1 Å². The summed E-state index contributed by atoms with van der Waals surface area (Å²) in [7, 11) is 0. The molecular formula is C27H23N5O2S. The highest BCUT2D eigenvalue weighted by atomic mass is 32.1. The molecule has 2 aromatic heterocycles. The number of thiocarbonyl (C=S) groups is 1. The minimum Gasteiger partial charge on any atom is -0.492 e. The molecule has 0 spiro atoms. The summed E-state index contributed by atoms with van der Waals surface area (Å²) >= 11 is 5.36. The Hall–Kier alpha value is -4.43. The molecule has 5 rings (SSSR count). The second-order valence-electron chi connectivity index (χ2n) is 7.78. The molecule has 4 N–H and O–H groups in total.